The lowest BCUT2D eigenvalue weighted by molar-refractivity contribution is 0.882. The van der Waals surface area contributed by atoms with Crippen LogP contribution in [0.2, 0.25) is 0 Å². The number of hydrogen-bond donors (Lipinski definition) is 0. The van der Waals surface area contributed by atoms with Crippen LogP contribution in [0.3, 0.4) is 0 Å². The number of fused-ring (bicyclic) bond motifs is 2. The molecule has 2 rings (SSSR count). The minimum absolute atomic E-state index is 1.03. The third-order valence-electron chi connectivity index (χ3n) is 1.60. The molecule has 2 heteroatoms. The molecular weight excluding hydrogens is 124 g/mol. The number of aryl methyl sites for hydroxylation is 1. The molecule has 10 heavy (non-hydrogen) atoms. The van der Waals surface area contributed by atoms with Gasteiger partial charge in [-0.3, -0.25) is 0 Å². The second-order valence-electron chi connectivity index (χ2n) is 2.42. The number of nitrogens with zero attached hydrogens (tertiary/aromatic N) is 2. The first-order valence-electron chi connectivity index (χ1n) is 3.43. The molecule has 0 atom stereocenters. The van der Waals surface area contributed by atoms with Crippen molar-refractivity contribution in [1.29, 1.82) is 0 Å². The van der Waals surface area contributed by atoms with Crippen LogP contribution in [0.1, 0.15) is 17.7 Å². The Balaban J connectivity index is 2.53. The molecule has 0 fully saturated rings. The van der Waals surface area contributed by atoms with E-state index in [4.69, 9.17) is 0 Å². The Morgan fingerprint density at radius 2 is 2.40 bits per heavy atom. The molecule has 0 saturated carbocycles. The number of hydrogen-bond acceptors (Lipinski definition) is 2. The van der Waals surface area contributed by atoms with Crippen molar-refractivity contribution in [2.24, 2.45) is 0 Å². The Labute approximate surface area is 59.6 Å². The Morgan fingerprint density at radius 1 is 1.40 bits per heavy atom. The lowest BCUT2D eigenvalue weighted by atomic mass is 10.2. The maximum Gasteiger partial charge on any atom is 0.0640 e. The monoisotopic (exact) mass is 132 g/mol. The van der Waals surface area contributed by atoms with Gasteiger partial charge in [0.2, 0.25) is 0 Å². The summed E-state index contributed by atoms with van der Waals surface area (Å²) in [6.07, 6.45) is 8.14. The molecule has 1 heterocycles. The lowest BCUT2D eigenvalue weighted by Gasteiger charge is -1.92. The molecule has 0 spiro atoms. The summed E-state index contributed by atoms with van der Waals surface area (Å²) in [5, 5.41) is 7.84. The molecule has 1 aliphatic carbocycles. The molecule has 0 saturated heterocycles. The van der Waals surface area contributed by atoms with Gasteiger partial charge >= 0.3 is 0 Å². The third kappa shape index (κ3) is 0.923. The Kier molecular flexibility index (Phi) is 1.24. The van der Waals surface area contributed by atoms with E-state index >= 15 is 0 Å². The van der Waals surface area contributed by atoms with E-state index in [-0.39, 0.29) is 0 Å². The molecule has 0 N–H and O–H groups in total. The molecule has 0 aromatic carbocycles. The molecule has 2 bridgehead atoms. The van der Waals surface area contributed by atoms with Crippen molar-refractivity contribution in [2.75, 3.05) is 0 Å². The second kappa shape index (κ2) is 2.21. The summed E-state index contributed by atoms with van der Waals surface area (Å²) in [7, 11) is 0. The van der Waals surface area contributed by atoms with Gasteiger partial charge in [-0.05, 0) is 24.5 Å². The predicted octanol–water partition coefficient (Wildman–Crippen LogP) is 1.44. The highest BCUT2D eigenvalue weighted by Crippen LogP contribution is 2.09. The first-order chi connectivity index (χ1) is 4.95. The van der Waals surface area contributed by atoms with Gasteiger partial charge in [0, 0.05) is 0 Å². The normalized spacial score (nSPS) is 14.8. The summed E-state index contributed by atoms with van der Waals surface area (Å²) in [6.45, 7) is 0. The molecule has 1 aliphatic rings. The topological polar surface area (TPSA) is 25.8 Å². The summed E-state index contributed by atoms with van der Waals surface area (Å²) < 4.78 is 0. The third-order valence-corrected chi connectivity index (χ3v) is 1.60. The molecule has 1 aromatic heterocycles. The van der Waals surface area contributed by atoms with E-state index in [9.17, 15) is 0 Å². The summed E-state index contributed by atoms with van der Waals surface area (Å²) in [4.78, 5) is 0. The van der Waals surface area contributed by atoms with Crippen LogP contribution in [0.25, 0.3) is 6.08 Å². The zero-order valence-electron chi connectivity index (χ0n) is 5.62. The van der Waals surface area contributed by atoms with Gasteiger partial charge in [-0.2, -0.15) is 10.2 Å². The zero-order chi connectivity index (χ0) is 6.81. The van der Waals surface area contributed by atoms with Crippen LogP contribution in [0.5, 0.6) is 0 Å². The van der Waals surface area contributed by atoms with Crippen molar-refractivity contribution in [2.45, 2.75) is 12.8 Å². The highest BCUT2D eigenvalue weighted by Gasteiger charge is 1.98. The summed E-state index contributed by atoms with van der Waals surface area (Å²) >= 11 is 0. The van der Waals surface area contributed by atoms with Gasteiger partial charge in [0.1, 0.15) is 0 Å². The van der Waals surface area contributed by atoms with Gasteiger partial charge < -0.3 is 0 Å². The minimum Gasteiger partial charge on any atom is -0.158 e. The van der Waals surface area contributed by atoms with E-state index in [1.807, 2.05) is 0 Å². The van der Waals surface area contributed by atoms with Gasteiger partial charge in [0.05, 0.1) is 11.9 Å². The number of aromatic nitrogens is 2. The summed E-state index contributed by atoms with van der Waals surface area (Å²) in [5.41, 5.74) is 2.27. The second-order valence-corrected chi connectivity index (χ2v) is 2.42. The Hall–Kier alpha value is -1.18. The fraction of sp³-hybridized carbons (Fsp3) is 0.250. The first kappa shape index (κ1) is 5.59. The van der Waals surface area contributed by atoms with Crippen LogP contribution in [0, 0.1) is 0 Å². The molecule has 0 aliphatic heterocycles. The standard InChI is InChI=1S/C8H8N2/c1-2-4-8-5-7(3-1)6-9-10-8/h1,3,5-6H,2,4H2. The van der Waals surface area contributed by atoms with Crippen LogP contribution < -0.4 is 0 Å². The molecule has 0 amide bonds. The van der Waals surface area contributed by atoms with Crippen LogP contribution in [-0.2, 0) is 6.42 Å². The summed E-state index contributed by atoms with van der Waals surface area (Å²) in [5.74, 6) is 0. The van der Waals surface area contributed by atoms with Gasteiger partial charge in [-0.15, -0.1) is 0 Å². The fourth-order valence-corrected chi connectivity index (χ4v) is 1.09. The smallest absolute Gasteiger partial charge is 0.0640 e. The quantitative estimate of drug-likeness (QED) is 0.533. The minimum atomic E-state index is 1.03. The number of rotatable bonds is 0. The van der Waals surface area contributed by atoms with Crippen molar-refractivity contribution in [3.8, 4) is 0 Å². The van der Waals surface area contributed by atoms with Crippen molar-refractivity contribution < 1.29 is 0 Å². The SMILES string of the molecule is C1=Cc2cnnc(c2)CC1. The van der Waals surface area contributed by atoms with Gasteiger partial charge in [0.25, 0.3) is 0 Å². The van der Waals surface area contributed by atoms with Crippen molar-refractivity contribution in [3.05, 3.63) is 29.6 Å². The molecule has 0 radical (unpaired) electrons. The maximum absolute atomic E-state index is 3.98. The highest BCUT2D eigenvalue weighted by molar-refractivity contribution is 5.49. The van der Waals surface area contributed by atoms with E-state index in [0.717, 1.165) is 18.5 Å². The zero-order valence-corrected chi connectivity index (χ0v) is 5.62. The van der Waals surface area contributed by atoms with Gasteiger partial charge in [-0.1, -0.05) is 12.2 Å². The van der Waals surface area contributed by atoms with Crippen LogP contribution in [0.4, 0.5) is 0 Å². The lowest BCUT2D eigenvalue weighted by Crippen LogP contribution is -1.90. The first-order valence-corrected chi connectivity index (χ1v) is 3.43. The van der Waals surface area contributed by atoms with Crippen LogP contribution in [-0.4, -0.2) is 10.2 Å². The van der Waals surface area contributed by atoms with E-state index < -0.39 is 0 Å². The van der Waals surface area contributed by atoms with E-state index in [2.05, 4.69) is 28.4 Å². The maximum atomic E-state index is 3.98. The highest BCUT2D eigenvalue weighted by atomic mass is 15.1. The molecular formula is C8H8N2. The molecule has 1 aromatic rings. The van der Waals surface area contributed by atoms with Crippen LogP contribution in [0.15, 0.2) is 18.3 Å². The average molecular weight is 132 g/mol. The Bertz CT molecular complexity index is 266. The van der Waals surface area contributed by atoms with E-state index in [1.165, 1.54) is 5.56 Å². The van der Waals surface area contributed by atoms with Crippen LogP contribution >= 0.6 is 0 Å². The van der Waals surface area contributed by atoms with Gasteiger partial charge in [-0.25, -0.2) is 0 Å². The van der Waals surface area contributed by atoms with E-state index in [1.54, 1.807) is 6.20 Å². The average Bonchev–Trinajstić information content (AvgIpc) is 2.12. The van der Waals surface area contributed by atoms with Crippen molar-refractivity contribution in [1.82, 2.24) is 10.2 Å². The molecule has 0 unspecified atom stereocenters. The van der Waals surface area contributed by atoms with Crippen molar-refractivity contribution >= 4 is 6.08 Å². The summed E-state index contributed by atoms with van der Waals surface area (Å²) in [6, 6.07) is 2.08. The van der Waals surface area contributed by atoms with Crippen molar-refractivity contribution in [3.63, 3.8) is 0 Å². The van der Waals surface area contributed by atoms with Gasteiger partial charge in [0.15, 0.2) is 0 Å². The van der Waals surface area contributed by atoms with E-state index in [0.29, 0.717) is 0 Å². The molecule has 50 valence electrons. The molecule has 2 nitrogen and oxygen atoms in total. The Morgan fingerprint density at radius 3 is 3.40 bits per heavy atom. The predicted molar refractivity (Wildman–Crippen MR) is 39.4 cm³/mol. The number of allylic oxidation sites excluding steroid dienone is 1. The fourth-order valence-electron chi connectivity index (χ4n) is 1.09. The largest absolute Gasteiger partial charge is 0.158 e.